The Balaban J connectivity index is -0.000000141. The minimum atomic E-state index is 0. The van der Waals surface area contributed by atoms with Crippen LogP contribution in [0.15, 0.2) is 0 Å². The van der Waals surface area contributed by atoms with Gasteiger partial charge in [-0.1, -0.05) is 0 Å². The van der Waals surface area contributed by atoms with Crippen LogP contribution in [0.2, 0.25) is 0 Å². The number of nitrogens with one attached hydrogen (secondary N) is 2. The molecule has 0 heterocycles. The summed E-state index contributed by atoms with van der Waals surface area (Å²) in [6, 6.07) is 0. The van der Waals surface area contributed by atoms with Crippen molar-refractivity contribution in [3.63, 3.8) is 0 Å². The zero-order chi connectivity index (χ0) is 10.5. The fourth-order valence-corrected chi connectivity index (χ4v) is 1.21. The van der Waals surface area contributed by atoms with E-state index in [2.05, 4.69) is 10.6 Å². The van der Waals surface area contributed by atoms with E-state index in [-0.39, 0.29) is 49.6 Å². The highest BCUT2D eigenvalue weighted by Gasteiger charge is 1.89. The standard InChI is InChI=1S/C10H26N4.4ClH/c11-5-1-2-7-13-9-4-10-14-8-3-6-12;;;;/h13-14H,1-12H2;4*1H. The average Bonchev–Trinajstić information content (AvgIpc) is 2.21. The number of hydrogen-bond acceptors (Lipinski definition) is 4. The van der Waals surface area contributed by atoms with Crippen LogP contribution in [-0.2, 0) is 0 Å². The first-order chi connectivity index (χ1) is 6.91. The van der Waals surface area contributed by atoms with Crippen molar-refractivity contribution < 1.29 is 0 Å². The Hall–Kier alpha value is 1.000. The Labute approximate surface area is 136 Å². The fourth-order valence-electron chi connectivity index (χ4n) is 1.21. The predicted molar refractivity (Wildman–Crippen MR) is 91.3 cm³/mol. The first-order valence-corrected chi connectivity index (χ1v) is 5.73. The van der Waals surface area contributed by atoms with Gasteiger partial charge in [0, 0.05) is 0 Å². The summed E-state index contributed by atoms with van der Waals surface area (Å²) in [6.07, 6.45) is 4.58. The Morgan fingerprint density at radius 3 is 1.33 bits per heavy atom. The Kier molecular flexibility index (Phi) is 53.7. The SMILES string of the molecule is Cl.Cl.Cl.Cl.NCCCCNCCCNCCCN. The summed E-state index contributed by atoms with van der Waals surface area (Å²) in [5, 5.41) is 6.74. The van der Waals surface area contributed by atoms with Crippen molar-refractivity contribution in [1.82, 2.24) is 10.6 Å². The van der Waals surface area contributed by atoms with Gasteiger partial charge in [-0.3, -0.25) is 0 Å². The molecule has 118 valence electrons. The van der Waals surface area contributed by atoms with Gasteiger partial charge in [0.05, 0.1) is 0 Å². The van der Waals surface area contributed by atoms with E-state index in [1.165, 1.54) is 12.8 Å². The summed E-state index contributed by atoms with van der Waals surface area (Å²) < 4.78 is 0. The van der Waals surface area contributed by atoms with Gasteiger partial charge in [0.2, 0.25) is 0 Å². The molecule has 0 aliphatic heterocycles. The van der Waals surface area contributed by atoms with Crippen LogP contribution in [0.25, 0.3) is 0 Å². The lowest BCUT2D eigenvalue weighted by atomic mass is 10.3. The highest BCUT2D eigenvalue weighted by molar-refractivity contribution is 5.86. The lowest BCUT2D eigenvalue weighted by Crippen LogP contribution is -2.24. The average molecular weight is 348 g/mol. The van der Waals surface area contributed by atoms with E-state index in [0.717, 1.165) is 52.1 Å². The van der Waals surface area contributed by atoms with Crippen molar-refractivity contribution in [2.75, 3.05) is 39.3 Å². The normalized spacial score (nSPS) is 8.33. The second-order valence-electron chi connectivity index (χ2n) is 3.49. The molecule has 0 aromatic rings. The third kappa shape index (κ3) is 30.2. The number of unbranched alkanes of at least 4 members (excludes halogenated alkanes) is 1. The summed E-state index contributed by atoms with van der Waals surface area (Å²) in [4.78, 5) is 0. The summed E-state index contributed by atoms with van der Waals surface area (Å²) in [6.45, 7) is 5.92. The summed E-state index contributed by atoms with van der Waals surface area (Å²) >= 11 is 0. The maximum atomic E-state index is 5.39. The Morgan fingerprint density at radius 1 is 0.500 bits per heavy atom. The van der Waals surface area contributed by atoms with Crippen LogP contribution in [0.1, 0.15) is 25.7 Å². The predicted octanol–water partition coefficient (Wildman–Crippen LogP) is 1.33. The molecule has 0 saturated carbocycles. The zero-order valence-electron chi connectivity index (χ0n) is 10.9. The van der Waals surface area contributed by atoms with Crippen LogP contribution < -0.4 is 22.1 Å². The zero-order valence-corrected chi connectivity index (χ0v) is 14.1. The molecule has 8 heteroatoms. The molecule has 18 heavy (non-hydrogen) atoms. The highest BCUT2D eigenvalue weighted by atomic mass is 35.5. The molecule has 0 bridgehead atoms. The first kappa shape index (κ1) is 31.4. The topological polar surface area (TPSA) is 76.1 Å². The first-order valence-electron chi connectivity index (χ1n) is 5.73. The largest absolute Gasteiger partial charge is 0.330 e. The van der Waals surface area contributed by atoms with Crippen molar-refractivity contribution in [2.24, 2.45) is 11.5 Å². The molecule has 0 atom stereocenters. The van der Waals surface area contributed by atoms with Crippen LogP contribution in [0.5, 0.6) is 0 Å². The molecule has 0 aliphatic carbocycles. The van der Waals surface area contributed by atoms with Crippen molar-refractivity contribution in [3.8, 4) is 0 Å². The quantitative estimate of drug-likeness (QED) is 0.425. The van der Waals surface area contributed by atoms with Gasteiger partial charge in [0.25, 0.3) is 0 Å². The van der Waals surface area contributed by atoms with Gasteiger partial charge < -0.3 is 22.1 Å². The van der Waals surface area contributed by atoms with E-state index in [1.54, 1.807) is 0 Å². The lowest BCUT2D eigenvalue weighted by Gasteiger charge is -2.05. The van der Waals surface area contributed by atoms with Crippen molar-refractivity contribution >= 4 is 49.6 Å². The van der Waals surface area contributed by atoms with E-state index in [4.69, 9.17) is 11.5 Å². The molecule has 0 unspecified atom stereocenters. The number of hydrogen-bond donors (Lipinski definition) is 4. The minimum absolute atomic E-state index is 0. The monoisotopic (exact) mass is 346 g/mol. The molecule has 6 N–H and O–H groups in total. The van der Waals surface area contributed by atoms with Crippen LogP contribution in [0, 0.1) is 0 Å². The van der Waals surface area contributed by atoms with Crippen molar-refractivity contribution in [1.29, 1.82) is 0 Å². The molecular weight excluding hydrogens is 318 g/mol. The van der Waals surface area contributed by atoms with Gasteiger partial charge in [0.15, 0.2) is 0 Å². The fraction of sp³-hybridized carbons (Fsp3) is 1.00. The van der Waals surface area contributed by atoms with Gasteiger partial charge in [-0.25, -0.2) is 0 Å². The number of halogens is 4. The van der Waals surface area contributed by atoms with Crippen LogP contribution in [-0.4, -0.2) is 39.3 Å². The smallest absolute Gasteiger partial charge is 0.00368 e. The molecule has 0 aromatic heterocycles. The maximum absolute atomic E-state index is 5.39. The molecular formula is C10H30Cl4N4. The molecule has 0 saturated heterocycles. The van der Waals surface area contributed by atoms with Crippen molar-refractivity contribution in [3.05, 3.63) is 0 Å². The molecule has 0 fully saturated rings. The van der Waals surface area contributed by atoms with E-state index < -0.39 is 0 Å². The van der Waals surface area contributed by atoms with E-state index in [9.17, 15) is 0 Å². The Morgan fingerprint density at radius 2 is 0.889 bits per heavy atom. The molecule has 0 radical (unpaired) electrons. The van der Waals surface area contributed by atoms with Crippen LogP contribution >= 0.6 is 49.6 Å². The third-order valence-electron chi connectivity index (χ3n) is 2.07. The molecule has 0 aromatic carbocycles. The van der Waals surface area contributed by atoms with Gasteiger partial charge in [0.1, 0.15) is 0 Å². The van der Waals surface area contributed by atoms with Gasteiger partial charge in [-0.15, -0.1) is 49.6 Å². The maximum Gasteiger partial charge on any atom is -0.00368 e. The van der Waals surface area contributed by atoms with Crippen molar-refractivity contribution in [2.45, 2.75) is 25.7 Å². The second-order valence-corrected chi connectivity index (χ2v) is 3.49. The molecule has 0 spiro atoms. The van der Waals surface area contributed by atoms with Gasteiger partial charge in [-0.05, 0) is 65.0 Å². The van der Waals surface area contributed by atoms with Crippen LogP contribution in [0.3, 0.4) is 0 Å². The summed E-state index contributed by atoms with van der Waals surface area (Å²) in [7, 11) is 0. The second kappa shape index (κ2) is 30.8. The summed E-state index contributed by atoms with van der Waals surface area (Å²) in [5.74, 6) is 0. The van der Waals surface area contributed by atoms with Gasteiger partial charge >= 0.3 is 0 Å². The lowest BCUT2D eigenvalue weighted by molar-refractivity contribution is 0.571. The minimum Gasteiger partial charge on any atom is -0.330 e. The molecule has 0 aliphatic rings. The summed E-state index contributed by atoms with van der Waals surface area (Å²) in [5.41, 5.74) is 10.8. The van der Waals surface area contributed by atoms with E-state index in [1.807, 2.05) is 0 Å². The van der Waals surface area contributed by atoms with E-state index in [0.29, 0.717) is 0 Å². The molecule has 0 rings (SSSR count). The van der Waals surface area contributed by atoms with E-state index >= 15 is 0 Å². The van der Waals surface area contributed by atoms with Crippen LogP contribution in [0.4, 0.5) is 0 Å². The highest BCUT2D eigenvalue weighted by Crippen LogP contribution is 1.82. The Bertz CT molecular complexity index is 99.9. The number of rotatable bonds is 11. The molecule has 4 nitrogen and oxygen atoms in total. The van der Waals surface area contributed by atoms with Gasteiger partial charge in [-0.2, -0.15) is 0 Å². The molecule has 0 amide bonds. The third-order valence-corrected chi connectivity index (χ3v) is 2.07. The number of nitrogens with two attached hydrogens (primary N) is 2.